The number of aryl methyl sites for hydroxylation is 3. The zero-order valence-corrected chi connectivity index (χ0v) is 24.1. The van der Waals surface area contributed by atoms with Crippen LogP contribution in [0.15, 0.2) is 17.3 Å². The average Bonchev–Trinajstić information content (AvgIpc) is 3.65. The molecule has 1 fully saturated rings. The number of thiazole rings is 1. The van der Waals surface area contributed by atoms with Gasteiger partial charge in [0, 0.05) is 31.8 Å². The minimum absolute atomic E-state index is 0.111. The summed E-state index contributed by atoms with van der Waals surface area (Å²) in [4.78, 5) is 30.8. The number of ether oxygens (including phenoxy) is 1. The van der Waals surface area contributed by atoms with Crippen LogP contribution >= 0.6 is 23.1 Å². The maximum atomic E-state index is 13.7. The Kier molecular flexibility index (Phi) is 6.63. The van der Waals surface area contributed by atoms with Crippen molar-refractivity contribution in [1.82, 2.24) is 24.4 Å². The summed E-state index contributed by atoms with van der Waals surface area (Å²) in [6.07, 6.45) is 1.85. The van der Waals surface area contributed by atoms with Crippen LogP contribution in [-0.2, 0) is 34.2 Å². The van der Waals surface area contributed by atoms with Gasteiger partial charge in [0.15, 0.2) is 11.8 Å². The normalized spacial score (nSPS) is 20.0. The molecule has 1 saturated heterocycles. The smallest absolute Gasteiger partial charge is 0.261 e. The fraction of sp³-hybridized carbons (Fsp3) is 0.520. The molecular formula is C25H30N6O4S3. The van der Waals surface area contributed by atoms with Gasteiger partial charge in [0.1, 0.15) is 17.6 Å². The maximum absolute atomic E-state index is 13.7. The number of hydrogen-bond acceptors (Lipinski definition) is 9. The molecule has 0 aromatic carbocycles. The predicted molar refractivity (Wildman–Crippen MR) is 147 cm³/mol. The van der Waals surface area contributed by atoms with E-state index in [4.69, 9.17) is 9.72 Å². The van der Waals surface area contributed by atoms with Crippen LogP contribution in [0.2, 0.25) is 0 Å². The molecule has 10 nitrogen and oxygen atoms in total. The summed E-state index contributed by atoms with van der Waals surface area (Å²) in [7, 11) is -3.32. The van der Waals surface area contributed by atoms with E-state index in [1.807, 2.05) is 25.7 Å². The molecule has 3 aliphatic heterocycles. The predicted octanol–water partition coefficient (Wildman–Crippen LogP) is 3.11. The van der Waals surface area contributed by atoms with Gasteiger partial charge in [-0.2, -0.15) is 0 Å². The fourth-order valence-corrected chi connectivity index (χ4v) is 9.02. The second-order valence-electron chi connectivity index (χ2n) is 9.65. The number of carbonyl (C=O) groups is 1. The Morgan fingerprint density at radius 1 is 1.16 bits per heavy atom. The van der Waals surface area contributed by atoms with Crippen LogP contribution in [0, 0.1) is 13.8 Å². The number of pyridine rings is 1. The first-order valence-electron chi connectivity index (χ1n) is 12.9. The van der Waals surface area contributed by atoms with E-state index in [1.165, 1.54) is 4.31 Å². The highest BCUT2D eigenvalue weighted by Crippen LogP contribution is 2.42. The molecule has 1 atom stereocenters. The van der Waals surface area contributed by atoms with Crippen molar-refractivity contribution in [3.8, 4) is 5.75 Å². The number of aromatic nitrogens is 4. The van der Waals surface area contributed by atoms with Gasteiger partial charge >= 0.3 is 0 Å². The monoisotopic (exact) mass is 574 g/mol. The molecule has 0 aliphatic carbocycles. The highest BCUT2D eigenvalue weighted by atomic mass is 32.2. The van der Waals surface area contributed by atoms with Crippen molar-refractivity contribution in [3.05, 3.63) is 44.8 Å². The van der Waals surface area contributed by atoms with Gasteiger partial charge in [0.05, 0.1) is 38.4 Å². The molecule has 202 valence electrons. The van der Waals surface area contributed by atoms with Gasteiger partial charge in [0.25, 0.3) is 5.91 Å². The lowest BCUT2D eigenvalue weighted by atomic mass is 9.99. The third kappa shape index (κ3) is 4.37. The number of sulfonamides is 1. The minimum atomic E-state index is -3.32. The standard InChI is InChI=1S/C25H30N6O4S3/c1-4-17-19(6-7-20(27-17)31-9-5-13-38(31,33)34)35-14-21(32)29-10-8-18-22(30-11-12-36-25(30)28-18)23(29)24-15(2)26-16(3)37-24/h6-7,23H,4-5,8-14H2,1-3H3. The van der Waals surface area contributed by atoms with Crippen molar-refractivity contribution in [1.29, 1.82) is 0 Å². The van der Waals surface area contributed by atoms with E-state index in [-0.39, 0.29) is 24.3 Å². The summed E-state index contributed by atoms with van der Waals surface area (Å²) in [6, 6.07) is 3.15. The van der Waals surface area contributed by atoms with Crippen molar-refractivity contribution in [2.75, 3.05) is 35.5 Å². The molecule has 0 spiro atoms. The molecule has 3 aromatic heterocycles. The van der Waals surface area contributed by atoms with E-state index in [9.17, 15) is 13.2 Å². The van der Waals surface area contributed by atoms with E-state index in [2.05, 4.69) is 14.5 Å². The lowest BCUT2D eigenvalue weighted by molar-refractivity contribution is -0.135. The Morgan fingerprint density at radius 2 is 2.00 bits per heavy atom. The molecule has 0 radical (unpaired) electrons. The molecule has 0 saturated carbocycles. The van der Waals surface area contributed by atoms with Crippen LogP contribution < -0.4 is 9.04 Å². The molecule has 3 aromatic rings. The third-order valence-corrected chi connectivity index (χ3v) is 11.1. The van der Waals surface area contributed by atoms with Crippen molar-refractivity contribution < 1.29 is 17.9 Å². The van der Waals surface area contributed by atoms with Crippen molar-refractivity contribution in [2.45, 2.75) is 57.8 Å². The zero-order chi connectivity index (χ0) is 26.6. The molecule has 38 heavy (non-hydrogen) atoms. The molecule has 3 aliphatic rings. The van der Waals surface area contributed by atoms with Gasteiger partial charge in [-0.3, -0.25) is 9.10 Å². The van der Waals surface area contributed by atoms with Crippen LogP contribution in [-0.4, -0.2) is 69.9 Å². The topological polar surface area (TPSA) is 111 Å². The quantitative estimate of drug-likeness (QED) is 0.442. The zero-order valence-electron chi connectivity index (χ0n) is 21.6. The molecular weight excluding hydrogens is 545 g/mol. The van der Waals surface area contributed by atoms with Gasteiger partial charge in [0.2, 0.25) is 10.0 Å². The Morgan fingerprint density at radius 3 is 2.71 bits per heavy atom. The van der Waals surface area contributed by atoms with Gasteiger partial charge in [-0.05, 0) is 38.8 Å². The second kappa shape index (κ2) is 9.83. The lowest BCUT2D eigenvalue weighted by Gasteiger charge is -2.36. The highest BCUT2D eigenvalue weighted by molar-refractivity contribution is 7.99. The number of anilines is 1. The number of hydrogen-bond donors (Lipinski definition) is 0. The third-order valence-electron chi connectivity index (χ3n) is 7.22. The number of amides is 1. The number of rotatable bonds is 6. The molecule has 0 bridgehead atoms. The van der Waals surface area contributed by atoms with Gasteiger partial charge in [-0.25, -0.2) is 23.4 Å². The first-order chi connectivity index (χ1) is 18.3. The molecule has 13 heteroatoms. The number of nitrogens with zero attached hydrogens (tertiary/aromatic N) is 6. The van der Waals surface area contributed by atoms with E-state index in [0.29, 0.717) is 49.6 Å². The first kappa shape index (κ1) is 25.6. The average molecular weight is 575 g/mol. The van der Waals surface area contributed by atoms with Crippen LogP contribution in [0.5, 0.6) is 5.75 Å². The van der Waals surface area contributed by atoms with Crippen LogP contribution in [0.4, 0.5) is 5.82 Å². The summed E-state index contributed by atoms with van der Waals surface area (Å²) in [6.45, 7) is 7.68. The molecule has 6 heterocycles. The number of carbonyl (C=O) groups excluding carboxylic acids is 1. The first-order valence-corrected chi connectivity index (χ1v) is 16.3. The van der Waals surface area contributed by atoms with Crippen LogP contribution in [0.25, 0.3) is 0 Å². The van der Waals surface area contributed by atoms with Gasteiger partial charge < -0.3 is 14.2 Å². The summed E-state index contributed by atoms with van der Waals surface area (Å²) in [5, 5.41) is 2.01. The summed E-state index contributed by atoms with van der Waals surface area (Å²) >= 11 is 3.39. The number of fused-ring (bicyclic) bond motifs is 3. The maximum Gasteiger partial charge on any atom is 0.261 e. The van der Waals surface area contributed by atoms with Crippen molar-refractivity contribution in [3.63, 3.8) is 0 Å². The number of thioether (sulfide) groups is 1. The van der Waals surface area contributed by atoms with Crippen LogP contribution in [0.3, 0.4) is 0 Å². The van der Waals surface area contributed by atoms with E-state index in [1.54, 1.807) is 35.2 Å². The lowest BCUT2D eigenvalue weighted by Crippen LogP contribution is -2.43. The largest absolute Gasteiger partial charge is 0.482 e. The van der Waals surface area contributed by atoms with E-state index >= 15 is 0 Å². The minimum Gasteiger partial charge on any atom is -0.482 e. The highest BCUT2D eigenvalue weighted by Gasteiger charge is 2.40. The SMILES string of the molecule is CCc1nc(N2CCCS2(=O)=O)ccc1OCC(=O)N1CCc2nc3n(c2C1c1sc(C)nc1C)CCS3. The van der Waals surface area contributed by atoms with Crippen molar-refractivity contribution in [2.24, 2.45) is 0 Å². The van der Waals surface area contributed by atoms with E-state index < -0.39 is 10.0 Å². The van der Waals surface area contributed by atoms with Gasteiger partial charge in [-0.15, -0.1) is 11.3 Å². The van der Waals surface area contributed by atoms with Gasteiger partial charge in [-0.1, -0.05) is 18.7 Å². The fourth-order valence-electron chi connectivity index (χ4n) is 5.49. The summed E-state index contributed by atoms with van der Waals surface area (Å²) in [5.74, 6) is 1.92. The van der Waals surface area contributed by atoms with Crippen LogP contribution in [0.1, 0.15) is 52.0 Å². The second-order valence-corrected chi connectivity index (χ2v) is 14.0. The Bertz CT molecular complexity index is 1520. The summed E-state index contributed by atoms with van der Waals surface area (Å²) < 4.78 is 34.3. The number of imidazole rings is 1. The summed E-state index contributed by atoms with van der Waals surface area (Å²) in [5.41, 5.74) is 3.74. The molecule has 1 unspecified atom stereocenters. The van der Waals surface area contributed by atoms with E-state index in [0.717, 1.165) is 44.4 Å². The van der Waals surface area contributed by atoms with Crippen molar-refractivity contribution >= 4 is 44.8 Å². The Balaban J connectivity index is 1.26. The Hall–Kier alpha value is -2.64. The molecule has 1 amide bonds. The molecule has 0 N–H and O–H groups in total. The molecule has 6 rings (SSSR count). The Labute approximate surface area is 230 Å².